The molecule has 0 aromatic heterocycles. The third-order valence-electron chi connectivity index (χ3n) is 6.08. The normalized spacial score (nSPS) is 24.1. The quantitative estimate of drug-likeness (QED) is 0.327. The van der Waals surface area contributed by atoms with E-state index in [0.29, 0.717) is 0 Å². The number of allylic oxidation sites excluding steroid dienone is 2. The predicted octanol–water partition coefficient (Wildman–Crippen LogP) is 8.56. The average molecular weight is 520 g/mol. The van der Waals surface area contributed by atoms with Crippen LogP contribution in [0.5, 0.6) is 0 Å². The number of piperidine rings is 1. The monoisotopic (exact) mass is 520 g/mol. The summed E-state index contributed by atoms with van der Waals surface area (Å²) in [5.74, 6) is 0. The van der Waals surface area contributed by atoms with E-state index in [1.54, 1.807) is 6.20 Å². The molecule has 2 heterocycles. The van der Waals surface area contributed by atoms with Crippen LogP contribution < -0.4 is 0 Å². The molecule has 0 bridgehead atoms. The molecule has 2 nitrogen and oxygen atoms in total. The first kappa shape index (κ1) is 23.9. The summed E-state index contributed by atoms with van der Waals surface area (Å²) in [4.78, 5) is 0. The molecule has 5 heteroatoms. The fraction of sp³-hybridized carbons (Fsp3) is 0.818. The summed E-state index contributed by atoms with van der Waals surface area (Å²) in [5, 5.41) is 8.09. The molecule has 1 saturated heterocycles. The first-order valence-corrected chi connectivity index (χ1v) is 21.7. The van der Waals surface area contributed by atoms with Gasteiger partial charge in [0.1, 0.15) is 0 Å². The molecular formula is C22H38Cl2N2Sn-2. The molecule has 0 N–H and O–H groups in total. The van der Waals surface area contributed by atoms with Crippen LogP contribution in [0, 0.1) is 0 Å². The Bertz CT molecular complexity index is 381. The van der Waals surface area contributed by atoms with Crippen molar-refractivity contribution in [3.8, 4) is 0 Å². The zero-order valence-corrected chi connectivity index (χ0v) is 21.3. The van der Waals surface area contributed by atoms with Crippen molar-refractivity contribution in [2.24, 2.45) is 0 Å². The van der Waals surface area contributed by atoms with Gasteiger partial charge in [0.05, 0.1) is 0 Å². The molecule has 156 valence electrons. The third-order valence-corrected chi connectivity index (χ3v) is 23.9. The summed E-state index contributed by atoms with van der Waals surface area (Å²) in [6.07, 6.45) is 25.6. The Labute approximate surface area is 179 Å². The van der Waals surface area contributed by atoms with Crippen LogP contribution in [0.4, 0.5) is 0 Å². The molecule has 0 atom stereocenters. The predicted molar refractivity (Wildman–Crippen MR) is 125 cm³/mol. The van der Waals surface area contributed by atoms with E-state index in [2.05, 4.69) is 10.6 Å². The van der Waals surface area contributed by atoms with E-state index in [1.165, 1.54) is 83.5 Å². The topological polar surface area (TPSA) is 28.2 Å². The number of hydrogen-bond donors (Lipinski definition) is 0. The van der Waals surface area contributed by atoms with Gasteiger partial charge in [-0.1, -0.05) is 31.4 Å². The minimum absolute atomic E-state index is 0.777. The summed E-state index contributed by atoms with van der Waals surface area (Å²) in [6.45, 7) is 3.11. The van der Waals surface area contributed by atoms with Crippen LogP contribution in [0.15, 0.2) is 24.4 Å². The fourth-order valence-electron chi connectivity index (χ4n) is 4.42. The standard InChI is InChI=1S/2C6H11.C5H10N.C5H6N.2ClH.Sn/c4*1-2-4-6-5-3-1;;;/h2*1H,2-6H2;1-5H2;1-4H,5H2;2*1H;/q;;2*-1;;;+2/p-2. The zero-order chi connectivity index (χ0) is 19.2. The summed E-state index contributed by atoms with van der Waals surface area (Å²) in [6, 6.07) is 0. The third kappa shape index (κ3) is 9.78. The molecule has 27 heavy (non-hydrogen) atoms. The van der Waals surface area contributed by atoms with E-state index in [-0.39, 0.29) is 0 Å². The van der Waals surface area contributed by atoms with Crippen molar-refractivity contribution in [1.82, 2.24) is 0 Å². The van der Waals surface area contributed by atoms with Gasteiger partial charge in [-0.05, 0) is 0 Å². The minimum atomic E-state index is -2.75. The Hall–Kier alpha value is 0.619. The van der Waals surface area contributed by atoms with Crippen molar-refractivity contribution >= 4 is 34.0 Å². The van der Waals surface area contributed by atoms with Crippen LogP contribution in [0.3, 0.4) is 0 Å². The molecule has 0 aromatic rings. The van der Waals surface area contributed by atoms with Gasteiger partial charge in [-0.15, -0.1) is 25.7 Å². The molecule has 0 spiro atoms. The van der Waals surface area contributed by atoms with E-state index < -0.39 is 16.1 Å². The van der Waals surface area contributed by atoms with Gasteiger partial charge < -0.3 is 10.6 Å². The van der Waals surface area contributed by atoms with Crippen LogP contribution in [-0.4, -0.2) is 35.8 Å². The second kappa shape index (κ2) is 14.6. The van der Waals surface area contributed by atoms with E-state index in [4.69, 9.17) is 17.8 Å². The molecule has 0 amide bonds. The van der Waals surface area contributed by atoms with Crippen LogP contribution in [0.1, 0.15) is 83.5 Å². The zero-order valence-electron chi connectivity index (χ0n) is 16.9. The second-order valence-electron chi connectivity index (χ2n) is 8.21. The Kier molecular flexibility index (Phi) is 12.9. The van der Waals surface area contributed by atoms with Crippen LogP contribution in [-0.2, 0) is 0 Å². The molecule has 0 unspecified atom stereocenters. The first-order chi connectivity index (χ1) is 13.2. The van der Waals surface area contributed by atoms with Gasteiger partial charge in [0.2, 0.25) is 0 Å². The van der Waals surface area contributed by atoms with E-state index in [1.807, 2.05) is 18.2 Å². The van der Waals surface area contributed by atoms with Gasteiger partial charge in [0, 0.05) is 0 Å². The number of rotatable bonds is 2. The van der Waals surface area contributed by atoms with E-state index >= 15 is 0 Å². The second-order valence-corrected chi connectivity index (χ2v) is 26.4. The van der Waals surface area contributed by atoms with E-state index in [9.17, 15) is 0 Å². The molecular weight excluding hydrogens is 482 g/mol. The average Bonchev–Trinajstić information content (AvgIpc) is 2.78. The van der Waals surface area contributed by atoms with Crippen LogP contribution in [0.2, 0.25) is 7.87 Å². The number of hydrogen-bond acceptors (Lipinski definition) is 0. The molecule has 4 aliphatic rings. The molecule has 0 aromatic carbocycles. The van der Waals surface area contributed by atoms with Crippen molar-refractivity contribution < 1.29 is 0 Å². The summed E-state index contributed by atoms with van der Waals surface area (Å²) in [7, 11) is 13.7. The Morgan fingerprint density at radius 3 is 1.44 bits per heavy atom. The maximum atomic E-state index is 6.87. The van der Waals surface area contributed by atoms with Gasteiger partial charge in [-0.2, -0.15) is 6.20 Å². The van der Waals surface area contributed by atoms with Gasteiger partial charge in [-0.25, -0.2) is 0 Å². The van der Waals surface area contributed by atoms with Gasteiger partial charge in [-0.3, -0.25) is 0 Å². The van der Waals surface area contributed by atoms with Crippen molar-refractivity contribution in [2.75, 3.05) is 19.6 Å². The van der Waals surface area contributed by atoms with Crippen LogP contribution >= 0.6 is 17.8 Å². The summed E-state index contributed by atoms with van der Waals surface area (Å²) in [5.41, 5.74) is 0. The van der Waals surface area contributed by atoms with Gasteiger partial charge >= 0.3 is 106 Å². The van der Waals surface area contributed by atoms with Gasteiger partial charge in [0.25, 0.3) is 0 Å². The first-order valence-electron chi connectivity index (χ1n) is 11.2. The fourth-order valence-corrected chi connectivity index (χ4v) is 18.9. The molecule has 2 aliphatic carbocycles. The van der Waals surface area contributed by atoms with Crippen molar-refractivity contribution in [2.45, 2.75) is 91.3 Å². The Morgan fingerprint density at radius 1 is 0.667 bits per heavy atom. The maximum absolute atomic E-state index is 6.87. The Balaban J connectivity index is 0.000000178. The molecule has 3 fully saturated rings. The van der Waals surface area contributed by atoms with Crippen LogP contribution in [0.25, 0.3) is 10.6 Å². The van der Waals surface area contributed by atoms with Gasteiger partial charge in [0.15, 0.2) is 0 Å². The van der Waals surface area contributed by atoms with Crippen molar-refractivity contribution in [1.29, 1.82) is 0 Å². The molecule has 4 rings (SSSR count). The Morgan fingerprint density at radius 2 is 1.19 bits per heavy atom. The summed E-state index contributed by atoms with van der Waals surface area (Å²) >= 11 is -2.75. The molecule has 2 aliphatic heterocycles. The SMILES string of the molecule is C1=CC[N-]C=C1.C1CC[N-]CC1.[Cl][Sn]([Cl])([CH]1CCCCC1)[CH]1CCCCC1. The van der Waals surface area contributed by atoms with E-state index in [0.717, 1.165) is 27.5 Å². The summed E-state index contributed by atoms with van der Waals surface area (Å²) < 4.78 is 1.55. The van der Waals surface area contributed by atoms with Crippen molar-refractivity contribution in [3.05, 3.63) is 35.1 Å². The molecule has 0 radical (unpaired) electrons. The number of halogens is 2. The van der Waals surface area contributed by atoms with Crippen molar-refractivity contribution in [3.63, 3.8) is 0 Å². The molecule has 2 saturated carbocycles. The number of nitrogens with zero attached hydrogens (tertiary/aromatic N) is 2.